The van der Waals surface area contributed by atoms with Gasteiger partial charge in [-0.05, 0) is 23.8 Å². The minimum Gasteiger partial charge on any atom is -0.379 e. The van der Waals surface area contributed by atoms with Crippen LogP contribution in [0.4, 0.5) is 22.0 Å². The topological polar surface area (TPSA) is 97.2 Å². The zero-order valence-corrected chi connectivity index (χ0v) is 16.9. The SMILES string of the molecule is N#Cc1cnc(/C(F)=C/c2ccc(F)c([C@]34CO[C@H](C(F)(F)F)[C@H]3CSC(N)=N4)c2)cn1. The number of amidine groups is 1. The van der Waals surface area contributed by atoms with Crippen molar-refractivity contribution in [3.63, 3.8) is 0 Å². The van der Waals surface area contributed by atoms with Crippen molar-refractivity contribution in [1.29, 1.82) is 5.26 Å². The van der Waals surface area contributed by atoms with E-state index in [1.54, 1.807) is 6.07 Å². The number of ether oxygens (including phenoxy) is 1. The Labute approximate surface area is 183 Å². The molecule has 6 nitrogen and oxygen atoms in total. The maximum Gasteiger partial charge on any atom is 0.415 e. The van der Waals surface area contributed by atoms with Crippen LogP contribution in [0.3, 0.4) is 0 Å². The molecule has 3 heterocycles. The molecule has 2 aliphatic rings. The molecule has 0 radical (unpaired) electrons. The maximum absolute atomic E-state index is 14.9. The van der Waals surface area contributed by atoms with E-state index in [1.807, 2.05) is 0 Å². The molecule has 12 heteroatoms. The summed E-state index contributed by atoms with van der Waals surface area (Å²) < 4.78 is 75.1. The van der Waals surface area contributed by atoms with E-state index in [-0.39, 0.29) is 33.4 Å². The number of benzene rings is 1. The predicted octanol–water partition coefficient (Wildman–Crippen LogP) is 3.79. The third kappa shape index (κ3) is 3.93. The molecule has 32 heavy (non-hydrogen) atoms. The molecule has 0 bridgehead atoms. The van der Waals surface area contributed by atoms with E-state index in [1.165, 1.54) is 12.1 Å². The van der Waals surface area contributed by atoms with Crippen LogP contribution in [0.25, 0.3) is 11.9 Å². The van der Waals surface area contributed by atoms with Crippen molar-refractivity contribution in [3.8, 4) is 6.07 Å². The van der Waals surface area contributed by atoms with Crippen molar-refractivity contribution >= 4 is 28.8 Å². The summed E-state index contributed by atoms with van der Waals surface area (Å²) in [5, 5.41) is 8.77. The Kier molecular flexibility index (Phi) is 5.64. The smallest absolute Gasteiger partial charge is 0.379 e. The molecule has 0 unspecified atom stereocenters. The number of fused-ring (bicyclic) bond motifs is 1. The number of alkyl halides is 3. The highest BCUT2D eigenvalue weighted by molar-refractivity contribution is 8.13. The fourth-order valence-corrected chi connectivity index (χ4v) is 4.82. The van der Waals surface area contributed by atoms with Crippen molar-refractivity contribution in [2.24, 2.45) is 16.6 Å². The first-order valence-electron chi connectivity index (χ1n) is 9.20. The largest absolute Gasteiger partial charge is 0.415 e. The van der Waals surface area contributed by atoms with Gasteiger partial charge in [0.1, 0.15) is 23.1 Å². The number of nitrogens with two attached hydrogens (primary N) is 1. The third-order valence-electron chi connectivity index (χ3n) is 5.27. The van der Waals surface area contributed by atoms with Gasteiger partial charge in [-0.3, -0.25) is 0 Å². The fraction of sp³-hybridized carbons (Fsp3) is 0.300. The fourth-order valence-electron chi connectivity index (χ4n) is 3.79. The Morgan fingerprint density at radius 2 is 2.09 bits per heavy atom. The summed E-state index contributed by atoms with van der Waals surface area (Å²) in [5.41, 5.74) is 3.94. The monoisotopic (exact) mass is 467 g/mol. The van der Waals surface area contributed by atoms with Crippen LogP contribution in [0.5, 0.6) is 0 Å². The highest BCUT2D eigenvalue weighted by Gasteiger charge is 2.61. The molecular formula is C20H14F5N5OS. The van der Waals surface area contributed by atoms with Crippen LogP contribution >= 0.6 is 11.8 Å². The minimum absolute atomic E-state index is 0.00170. The number of rotatable bonds is 3. The van der Waals surface area contributed by atoms with Crippen LogP contribution < -0.4 is 5.73 Å². The molecule has 1 aromatic heterocycles. The van der Waals surface area contributed by atoms with Gasteiger partial charge in [0.05, 0.1) is 19.0 Å². The molecule has 0 amide bonds. The van der Waals surface area contributed by atoms with E-state index in [9.17, 15) is 22.0 Å². The Bertz CT molecular complexity index is 1140. The van der Waals surface area contributed by atoms with Gasteiger partial charge < -0.3 is 10.5 Å². The lowest BCUT2D eigenvalue weighted by molar-refractivity contribution is -0.215. The third-order valence-corrected chi connectivity index (χ3v) is 6.18. The van der Waals surface area contributed by atoms with Crippen molar-refractivity contribution in [1.82, 2.24) is 9.97 Å². The first kappa shape index (κ1) is 22.2. The van der Waals surface area contributed by atoms with Gasteiger partial charge in [0.25, 0.3) is 0 Å². The van der Waals surface area contributed by atoms with Crippen molar-refractivity contribution in [2.75, 3.05) is 12.4 Å². The summed E-state index contributed by atoms with van der Waals surface area (Å²) in [4.78, 5) is 11.7. The highest BCUT2D eigenvalue weighted by atomic mass is 32.2. The van der Waals surface area contributed by atoms with Gasteiger partial charge in [-0.2, -0.15) is 18.4 Å². The van der Waals surface area contributed by atoms with Crippen molar-refractivity contribution in [3.05, 3.63) is 58.9 Å². The molecule has 166 valence electrons. The lowest BCUT2D eigenvalue weighted by Crippen LogP contribution is -2.46. The average Bonchev–Trinajstić information content (AvgIpc) is 3.15. The van der Waals surface area contributed by atoms with E-state index in [0.717, 1.165) is 36.3 Å². The molecule has 4 rings (SSSR count). The van der Waals surface area contributed by atoms with Crippen LogP contribution in [0.15, 0.2) is 35.6 Å². The molecule has 0 aliphatic carbocycles. The molecule has 2 N–H and O–H groups in total. The van der Waals surface area contributed by atoms with Gasteiger partial charge in [-0.25, -0.2) is 23.7 Å². The van der Waals surface area contributed by atoms with Crippen molar-refractivity contribution < 1.29 is 26.7 Å². The van der Waals surface area contributed by atoms with Crippen LogP contribution in [0, 0.1) is 23.1 Å². The second-order valence-corrected chi connectivity index (χ2v) is 8.24. The number of aliphatic imine (C=N–C) groups is 1. The number of nitriles is 1. The summed E-state index contributed by atoms with van der Waals surface area (Å²) in [7, 11) is 0. The van der Waals surface area contributed by atoms with Crippen LogP contribution in [-0.4, -0.2) is 39.8 Å². The number of nitrogens with zero attached hydrogens (tertiary/aromatic N) is 4. The summed E-state index contributed by atoms with van der Waals surface area (Å²) in [5.74, 6) is -2.90. The van der Waals surface area contributed by atoms with E-state index in [2.05, 4.69) is 15.0 Å². The highest BCUT2D eigenvalue weighted by Crippen LogP contribution is 2.51. The Morgan fingerprint density at radius 1 is 1.31 bits per heavy atom. The molecule has 0 spiro atoms. The number of thioether (sulfide) groups is 1. The standard InChI is InChI=1S/C20H14F5N5OS/c21-14-2-1-10(4-15(22)16-7-28-11(5-26)6-29-16)3-12(14)19-9-31-17(20(23,24)25)13(19)8-32-18(27)30-19/h1-4,6-7,13,17H,8-9H2,(H2,27,30)/b15-4-/t13-,17+,19-/m1/s1. The second-order valence-electron chi connectivity index (χ2n) is 7.20. The summed E-state index contributed by atoms with van der Waals surface area (Å²) >= 11 is 0.944. The molecule has 3 atom stereocenters. The molecule has 1 fully saturated rings. The first-order chi connectivity index (χ1) is 15.1. The summed E-state index contributed by atoms with van der Waals surface area (Å²) in [6.45, 7) is -0.517. The number of hydrogen-bond donors (Lipinski definition) is 1. The average molecular weight is 467 g/mol. The maximum atomic E-state index is 14.9. The summed E-state index contributed by atoms with van der Waals surface area (Å²) in [6.07, 6.45) is -3.61. The second kappa shape index (κ2) is 8.14. The molecule has 1 saturated heterocycles. The molecule has 2 aliphatic heterocycles. The lowest BCUT2D eigenvalue weighted by Gasteiger charge is -2.36. The Balaban J connectivity index is 1.76. The lowest BCUT2D eigenvalue weighted by atomic mass is 9.78. The van der Waals surface area contributed by atoms with Gasteiger partial charge in [0.15, 0.2) is 22.8 Å². The van der Waals surface area contributed by atoms with Crippen LogP contribution in [-0.2, 0) is 10.3 Å². The van der Waals surface area contributed by atoms with E-state index in [0.29, 0.717) is 0 Å². The Hall–Kier alpha value is -3.04. The number of aromatic nitrogens is 2. The van der Waals surface area contributed by atoms with Crippen LogP contribution in [0.1, 0.15) is 22.5 Å². The van der Waals surface area contributed by atoms with Gasteiger partial charge >= 0.3 is 6.18 Å². The van der Waals surface area contributed by atoms with E-state index < -0.39 is 42.0 Å². The molecule has 2 aromatic rings. The van der Waals surface area contributed by atoms with Gasteiger partial charge in [-0.1, -0.05) is 17.8 Å². The van der Waals surface area contributed by atoms with Crippen LogP contribution in [0.2, 0.25) is 0 Å². The first-order valence-corrected chi connectivity index (χ1v) is 10.2. The zero-order valence-electron chi connectivity index (χ0n) is 16.1. The van der Waals surface area contributed by atoms with E-state index >= 15 is 0 Å². The normalized spacial score (nSPS) is 25.8. The quantitative estimate of drug-likeness (QED) is 0.690. The molecule has 1 aromatic carbocycles. The molecule has 0 saturated carbocycles. The van der Waals surface area contributed by atoms with Gasteiger partial charge in [0, 0.05) is 17.2 Å². The zero-order chi connectivity index (χ0) is 23.1. The minimum atomic E-state index is -4.66. The van der Waals surface area contributed by atoms with Gasteiger partial charge in [-0.15, -0.1) is 0 Å². The molecular weight excluding hydrogens is 453 g/mol. The number of halogens is 5. The van der Waals surface area contributed by atoms with Crippen molar-refractivity contribution in [2.45, 2.75) is 17.8 Å². The van der Waals surface area contributed by atoms with Gasteiger partial charge in [0.2, 0.25) is 0 Å². The predicted molar refractivity (Wildman–Crippen MR) is 107 cm³/mol. The Morgan fingerprint density at radius 3 is 2.75 bits per heavy atom. The summed E-state index contributed by atoms with van der Waals surface area (Å²) in [6, 6.07) is 5.28. The van der Waals surface area contributed by atoms with E-state index in [4.69, 9.17) is 15.7 Å². The number of hydrogen-bond acceptors (Lipinski definition) is 7.